The quantitative estimate of drug-likeness (QED) is 0.347. The molecule has 3 amide bonds. The Labute approximate surface area is 239 Å². The SMILES string of the molecule is CC(C)(NC(=O)[C@H]([C@@H](F)c1ccc(B2OC(C)(C)C(C)(C)O2)cc1)N1C(=O)c2ccccc2C1=O)c1ccccn1. The summed E-state index contributed by atoms with van der Waals surface area (Å²) >= 11 is 0. The van der Waals surface area contributed by atoms with Crippen molar-refractivity contribution in [2.45, 2.75) is 70.5 Å². The molecule has 10 heteroatoms. The number of halogens is 1. The minimum Gasteiger partial charge on any atom is -0.399 e. The minimum absolute atomic E-state index is 0.123. The highest BCUT2D eigenvalue weighted by atomic mass is 19.1. The predicted molar refractivity (Wildman–Crippen MR) is 152 cm³/mol. The first-order chi connectivity index (χ1) is 19.2. The third-order valence-electron chi connectivity index (χ3n) is 8.17. The van der Waals surface area contributed by atoms with Crippen LogP contribution in [0.3, 0.4) is 0 Å². The zero-order valence-corrected chi connectivity index (χ0v) is 24.0. The van der Waals surface area contributed by atoms with Crippen LogP contribution in [0.25, 0.3) is 0 Å². The lowest BCUT2D eigenvalue weighted by atomic mass is 9.78. The summed E-state index contributed by atoms with van der Waals surface area (Å²) in [6.07, 6.45) is -0.436. The molecule has 0 aliphatic carbocycles. The van der Waals surface area contributed by atoms with E-state index in [0.717, 1.165) is 4.90 Å². The Kier molecular flexibility index (Phi) is 7.12. The topological polar surface area (TPSA) is 97.8 Å². The van der Waals surface area contributed by atoms with Crippen molar-refractivity contribution in [1.29, 1.82) is 0 Å². The third kappa shape index (κ3) is 5.06. The average molecular weight is 557 g/mol. The Morgan fingerprint density at radius 3 is 1.95 bits per heavy atom. The second-order valence-electron chi connectivity index (χ2n) is 12.0. The maximum atomic E-state index is 16.5. The number of hydrogen-bond acceptors (Lipinski definition) is 6. The molecule has 0 spiro atoms. The van der Waals surface area contributed by atoms with Crippen LogP contribution in [-0.2, 0) is 19.6 Å². The molecule has 1 aromatic heterocycles. The summed E-state index contributed by atoms with van der Waals surface area (Å²) < 4.78 is 28.7. The normalized spacial score (nSPS) is 19.2. The number of carbonyl (C=O) groups excluding carboxylic acids is 3. The van der Waals surface area contributed by atoms with Crippen molar-refractivity contribution < 1.29 is 28.1 Å². The number of aromatic nitrogens is 1. The fourth-order valence-electron chi connectivity index (χ4n) is 5.02. The molecule has 1 fully saturated rings. The van der Waals surface area contributed by atoms with Gasteiger partial charge in [-0.05, 0) is 76.8 Å². The van der Waals surface area contributed by atoms with Crippen molar-refractivity contribution in [2.24, 2.45) is 0 Å². The number of amides is 3. The second-order valence-corrected chi connectivity index (χ2v) is 12.0. The Bertz CT molecular complexity index is 1440. The van der Waals surface area contributed by atoms with Gasteiger partial charge in [-0.15, -0.1) is 0 Å². The number of alkyl halides is 1. The number of rotatable bonds is 7. The molecule has 8 nitrogen and oxygen atoms in total. The van der Waals surface area contributed by atoms with Gasteiger partial charge in [-0.25, -0.2) is 4.39 Å². The van der Waals surface area contributed by atoms with Gasteiger partial charge in [-0.1, -0.05) is 42.5 Å². The van der Waals surface area contributed by atoms with Crippen LogP contribution in [0.2, 0.25) is 0 Å². The number of nitrogens with zero attached hydrogens (tertiary/aromatic N) is 2. The molecule has 1 saturated heterocycles. The lowest BCUT2D eigenvalue weighted by Gasteiger charge is -2.33. The number of hydrogen-bond donors (Lipinski definition) is 1. The molecule has 3 heterocycles. The molecule has 5 rings (SSSR count). The summed E-state index contributed by atoms with van der Waals surface area (Å²) in [5.41, 5.74) is -0.519. The summed E-state index contributed by atoms with van der Waals surface area (Å²) in [7, 11) is -0.651. The minimum atomic E-state index is -2.02. The number of fused-ring (bicyclic) bond motifs is 1. The van der Waals surface area contributed by atoms with Crippen molar-refractivity contribution in [2.75, 3.05) is 0 Å². The van der Waals surface area contributed by atoms with Crippen LogP contribution in [-0.4, -0.2) is 52.0 Å². The lowest BCUT2D eigenvalue weighted by molar-refractivity contribution is -0.129. The molecule has 2 aromatic carbocycles. The Morgan fingerprint density at radius 1 is 0.902 bits per heavy atom. The highest BCUT2D eigenvalue weighted by molar-refractivity contribution is 6.62. The van der Waals surface area contributed by atoms with Gasteiger partial charge in [-0.2, -0.15) is 0 Å². The number of pyridine rings is 1. The first-order valence-electron chi connectivity index (χ1n) is 13.5. The van der Waals surface area contributed by atoms with Crippen molar-refractivity contribution in [1.82, 2.24) is 15.2 Å². The van der Waals surface area contributed by atoms with E-state index in [2.05, 4.69) is 10.3 Å². The Hall–Kier alpha value is -3.89. The van der Waals surface area contributed by atoms with E-state index in [1.807, 2.05) is 27.7 Å². The zero-order chi connectivity index (χ0) is 29.7. The molecule has 2 aliphatic rings. The van der Waals surface area contributed by atoms with Gasteiger partial charge >= 0.3 is 7.12 Å². The smallest absolute Gasteiger partial charge is 0.399 e. The maximum absolute atomic E-state index is 16.5. The molecule has 3 aromatic rings. The Balaban J connectivity index is 1.47. The molecular formula is C31H33BFN3O5. The van der Waals surface area contributed by atoms with Gasteiger partial charge in [0.1, 0.15) is 0 Å². The molecule has 41 heavy (non-hydrogen) atoms. The van der Waals surface area contributed by atoms with E-state index in [0.29, 0.717) is 11.2 Å². The summed E-state index contributed by atoms with van der Waals surface area (Å²) in [4.78, 5) is 45.6. The fourth-order valence-corrected chi connectivity index (χ4v) is 5.02. The average Bonchev–Trinajstić information content (AvgIpc) is 3.31. The molecule has 2 atom stereocenters. The summed E-state index contributed by atoms with van der Waals surface area (Å²) in [5, 5.41) is 2.81. The van der Waals surface area contributed by atoms with E-state index in [4.69, 9.17) is 9.31 Å². The number of imide groups is 1. The van der Waals surface area contributed by atoms with E-state index < -0.39 is 53.8 Å². The zero-order valence-electron chi connectivity index (χ0n) is 24.0. The highest BCUT2D eigenvalue weighted by Crippen LogP contribution is 2.37. The molecule has 0 bridgehead atoms. The van der Waals surface area contributed by atoms with Crippen LogP contribution in [0.5, 0.6) is 0 Å². The van der Waals surface area contributed by atoms with Gasteiger partial charge in [0.15, 0.2) is 12.2 Å². The van der Waals surface area contributed by atoms with Gasteiger partial charge in [0.2, 0.25) is 5.91 Å². The van der Waals surface area contributed by atoms with Crippen molar-refractivity contribution in [3.05, 3.63) is 95.3 Å². The largest absolute Gasteiger partial charge is 0.494 e. The first kappa shape index (κ1) is 28.6. The fraction of sp³-hybridized carbons (Fsp3) is 0.355. The number of benzene rings is 2. The molecule has 0 unspecified atom stereocenters. The van der Waals surface area contributed by atoms with Crippen molar-refractivity contribution in [3.8, 4) is 0 Å². The number of nitrogens with one attached hydrogen (secondary N) is 1. The number of carbonyl (C=O) groups is 3. The predicted octanol–water partition coefficient (Wildman–Crippen LogP) is 4.11. The Morgan fingerprint density at radius 2 is 1.44 bits per heavy atom. The highest BCUT2D eigenvalue weighted by Gasteiger charge is 2.52. The van der Waals surface area contributed by atoms with E-state index in [9.17, 15) is 14.4 Å². The maximum Gasteiger partial charge on any atom is 0.494 e. The van der Waals surface area contributed by atoms with Crippen LogP contribution in [0, 0.1) is 0 Å². The third-order valence-corrected chi connectivity index (χ3v) is 8.17. The van der Waals surface area contributed by atoms with Crippen LogP contribution in [0.4, 0.5) is 4.39 Å². The van der Waals surface area contributed by atoms with E-state index >= 15 is 4.39 Å². The monoisotopic (exact) mass is 557 g/mol. The first-order valence-corrected chi connectivity index (χ1v) is 13.5. The van der Waals surface area contributed by atoms with Gasteiger partial charge in [-0.3, -0.25) is 24.3 Å². The molecular weight excluding hydrogens is 524 g/mol. The van der Waals surface area contributed by atoms with Crippen LogP contribution >= 0.6 is 0 Å². The van der Waals surface area contributed by atoms with Gasteiger partial charge in [0.05, 0.1) is 33.6 Å². The summed E-state index contributed by atoms with van der Waals surface area (Å²) in [6.45, 7) is 11.2. The lowest BCUT2D eigenvalue weighted by Crippen LogP contribution is -2.55. The van der Waals surface area contributed by atoms with Crippen molar-refractivity contribution >= 4 is 30.3 Å². The molecule has 0 radical (unpaired) electrons. The molecule has 212 valence electrons. The summed E-state index contributed by atoms with van der Waals surface area (Å²) in [5.74, 6) is -2.27. The molecule has 0 saturated carbocycles. The van der Waals surface area contributed by atoms with E-state index in [-0.39, 0.29) is 16.7 Å². The van der Waals surface area contributed by atoms with E-state index in [1.54, 1.807) is 62.5 Å². The standard InChI is InChI=1S/C31H33BFN3O5/c1-29(2,23-13-9-10-18-34-23)35-26(37)25(36-27(38)21-11-7-8-12-22(21)28(36)39)24(33)19-14-16-20(17-15-19)32-40-30(3,4)31(5,6)41-32/h7-18,24-25H,1-6H3,(H,35,37)/t24-,25-/m0/s1. The van der Waals surface area contributed by atoms with E-state index in [1.165, 1.54) is 24.3 Å². The second kappa shape index (κ2) is 10.2. The molecule has 1 N–H and O–H groups in total. The van der Waals surface area contributed by atoms with Gasteiger partial charge < -0.3 is 14.6 Å². The van der Waals surface area contributed by atoms with Crippen LogP contribution in [0.15, 0.2) is 72.9 Å². The molecule has 2 aliphatic heterocycles. The van der Waals surface area contributed by atoms with Crippen molar-refractivity contribution in [3.63, 3.8) is 0 Å². The summed E-state index contributed by atoms with van der Waals surface area (Å²) in [6, 6.07) is 16.1. The van der Waals surface area contributed by atoms with Gasteiger partial charge in [0.25, 0.3) is 11.8 Å². The van der Waals surface area contributed by atoms with Crippen LogP contribution in [0.1, 0.15) is 79.7 Å². The van der Waals surface area contributed by atoms with Gasteiger partial charge in [0, 0.05) is 6.20 Å². The van der Waals surface area contributed by atoms with Crippen LogP contribution < -0.4 is 10.8 Å².